The van der Waals surface area contributed by atoms with Gasteiger partial charge in [-0.25, -0.2) is 9.98 Å². The van der Waals surface area contributed by atoms with E-state index >= 15 is 0 Å². The monoisotopic (exact) mass is 622 g/mol. The lowest BCUT2D eigenvalue weighted by atomic mass is 9.87. The van der Waals surface area contributed by atoms with Crippen LogP contribution < -0.4 is 0 Å². The number of nitrogens with zero attached hydrogens (tertiary/aromatic N) is 4. The molecule has 1 aliphatic heterocycles. The molecule has 1 unspecified atom stereocenters. The first kappa shape index (κ1) is 28.7. The van der Waals surface area contributed by atoms with Crippen LogP contribution >= 0.6 is 0 Å². The quantitative estimate of drug-likeness (QED) is 0.188. The van der Waals surface area contributed by atoms with Crippen LogP contribution in [0.5, 0.6) is 0 Å². The third kappa shape index (κ3) is 4.58. The van der Waals surface area contributed by atoms with Gasteiger partial charge in [-0.2, -0.15) is 0 Å². The van der Waals surface area contributed by atoms with Gasteiger partial charge in [0.2, 0.25) is 5.96 Å². The molecule has 1 atom stereocenters. The van der Waals surface area contributed by atoms with Crippen molar-refractivity contribution in [2.75, 3.05) is 0 Å². The summed E-state index contributed by atoms with van der Waals surface area (Å²) >= 11 is 0. The van der Waals surface area contributed by atoms with Gasteiger partial charge in [0.25, 0.3) is 0 Å². The lowest BCUT2D eigenvalue weighted by molar-refractivity contribution is 0.590. The molecule has 4 heteroatoms. The number of aromatic nitrogens is 2. The molecular weight excluding hydrogens is 585 g/mol. The number of allylic oxidation sites excluding steroid dienone is 4. The Morgan fingerprint density at radius 1 is 0.625 bits per heavy atom. The van der Waals surface area contributed by atoms with Gasteiger partial charge in [0, 0.05) is 33.7 Å². The fourth-order valence-corrected chi connectivity index (χ4v) is 7.64. The maximum absolute atomic E-state index is 5.47. The van der Waals surface area contributed by atoms with Crippen LogP contribution in [0.1, 0.15) is 57.2 Å². The number of rotatable bonds is 3. The summed E-state index contributed by atoms with van der Waals surface area (Å²) in [6.07, 6.45) is 9.75. The molecule has 5 aromatic carbocycles. The molecule has 0 radical (unpaired) electrons. The Labute approximate surface area is 281 Å². The Kier molecular flexibility index (Phi) is 6.62. The van der Waals surface area contributed by atoms with Gasteiger partial charge in [-0.1, -0.05) is 130 Å². The number of aliphatic imine (C=N–C) groups is 2. The molecule has 234 valence electrons. The van der Waals surface area contributed by atoms with E-state index in [1.807, 2.05) is 0 Å². The van der Waals surface area contributed by atoms with Crippen LogP contribution in [0.2, 0.25) is 0 Å². The molecule has 0 N–H and O–H groups in total. The van der Waals surface area contributed by atoms with Crippen molar-refractivity contribution in [2.24, 2.45) is 9.98 Å². The van der Waals surface area contributed by atoms with E-state index < -0.39 is 0 Å². The van der Waals surface area contributed by atoms with Crippen LogP contribution in [0.15, 0.2) is 149 Å². The summed E-state index contributed by atoms with van der Waals surface area (Å²) in [5, 5.41) is 4.86. The Morgan fingerprint density at radius 2 is 1.25 bits per heavy atom. The van der Waals surface area contributed by atoms with Crippen molar-refractivity contribution in [3.8, 4) is 5.69 Å². The molecular formula is C44H38N4. The Morgan fingerprint density at radius 3 is 1.90 bits per heavy atom. The molecule has 1 aliphatic carbocycles. The predicted molar refractivity (Wildman–Crippen MR) is 203 cm³/mol. The van der Waals surface area contributed by atoms with Gasteiger partial charge < -0.3 is 4.57 Å². The van der Waals surface area contributed by atoms with E-state index in [4.69, 9.17) is 9.98 Å². The minimum Gasteiger partial charge on any atom is -0.307 e. The first-order valence-electron chi connectivity index (χ1n) is 17.1. The molecule has 3 heterocycles. The summed E-state index contributed by atoms with van der Waals surface area (Å²) in [5.41, 5.74) is 10.7. The summed E-state index contributed by atoms with van der Waals surface area (Å²) in [6.45, 7) is 6.81. The standard InChI is InChI=1S/C44H38N4/c1-44(2,3)31-22-24-32(25-23-31)47-39-20-12-10-18-33(39)35-26-27-36-34-19-11-13-21-40(34)48(42(36)41(35)47)43-45-37(29-14-6-4-7-15-29)28-38(46-43)30-16-8-5-9-17-30/h4,6-8,10-27,37H,5,9,28H2,1-3H3. The predicted octanol–water partition coefficient (Wildman–Crippen LogP) is 11.3. The summed E-state index contributed by atoms with van der Waals surface area (Å²) < 4.78 is 4.79. The second-order valence-electron chi connectivity index (χ2n) is 14.1. The van der Waals surface area contributed by atoms with E-state index in [0.29, 0.717) is 0 Å². The van der Waals surface area contributed by atoms with Crippen molar-refractivity contribution in [3.05, 3.63) is 150 Å². The van der Waals surface area contributed by atoms with Gasteiger partial charge in [0.1, 0.15) is 0 Å². The summed E-state index contributed by atoms with van der Waals surface area (Å²) in [7, 11) is 0. The molecule has 0 saturated heterocycles. The molecule has 2 aromatic heterocycles. The molecule has 0 saturated carbocycles. The molecule has 0 bridgehead atoms. The maximum atomic E-state index is 5.47. The first-order chi connectivity index (χ1) is 23.5. The number of benzene rings is 5. The van der Waals surface area contributed by atoms with Crippen molar-refractivity contribution in [1.82, 2.24) is 9.13 Å². The van der Waals surface area contributed by atoms with Crippen LogP contribution in [-0.2, 0) is 5.41 Å². The third-order valence-electron chi connectivity index (χ3n) is 10.1. The van der Waals surface area contributed by atoms with E-state index in [-0.39, 0.29) is 11.5 Å². The zero-order valence-corrected chi connectivity index (χ0v) is 27.7. The highest BCUT2D eigenvalue weighted by atomic mass is 15.2. The van der Waals surface area contributed by atoms with E-state index in [1.54, 1.807) is 0 Å². The number of hydrogen-bond acceptors (Lipinski definition) is 2. The molecule has 0 spiro atoms. The van der Waals surface area contributed by atoms with Gasteiger partial charge in [0.05, 0.1) is 33.8 Å². The van der Waals surface area contributed by atoms with Gasteiger partial charge in [0.15, 0.2) is 0 Å². The average Bonchev–Trinajstić information content (AvgIpc) is 3.65. The summed E-state index contributed by atoms with van der Waals surface area (Å²) in [4.78, 5) is 10.9. The van der Waals surface area contributed by atoms with Gasteiger partial charge in [-0.05, 0) is 59.2 Å². The molecule has 7 aromatic rings. The highest BCUT2D eigenvalue weighted by Gasteiger charge is 2.27. The SMILES string of the molecule is CC(C)(C)c1ccc(-n2c3ccccc3c3ccc4c5ccccc5n(C5=NC(c6ccccc6)CC(C6=CCCC=C6)=N5)c4c32)cc1. The van der Waals surface area contributed by atoms with Crippen LogP contribution in [0.25, 0.3) is 49.3 Å². The Bertz CT molecular complexity index is 2490. The second kappa shape index (κ2) is 11.1. The molecule has 0 amide bonds. The fraction of sp³-hybridized carbons (Fsp3) is 0.182. The van der Waals surface area contributed by atoms with Gasteiger partial charge in [-0.3, -0.25) is 4.57 Å². The van der Waals surface area contributed by atoms with Crippen LogP contribution in [-0.4, -0.2) is 20.8 Å². The molecule has 4 nitrogen and oxygen atoms in total. The van der Waals surface area contributed by atoms with E-state index in [1.165, 1.54) is 49.3 Å². The van der Waals surface area contributed by atoms with Crippen LogP contribution in [0, 0.1) is 0 Å². The minimum atomic E-state index is -0.0313. The van der Waals surface area contributed by atoms with Crippen molar-refractivity contribution >= 4 is 55.3 Å². The normalized spacial score (nSPS) is 16.9. The summed E-state index contributed by atoms with van der Waals surface area (Å²) in [6, 6.07) is 41.9. The van der Waals surface area contributed by atoms with Gasteiger partial charge >= 0.3 is 0 Å². The van der Waals surface area contributed by atoms with Crippen LogP contribution in [0.3, 0.4) is 0 Å². The second-order valence-corrected chi connectivity index (χ2v) is 14.1. The zero-order chi connectivity index (χ0) is 32.4. The Hall–Kier alpha value is -5.48. The fourth-order valence-electron chi connectivity index (χ4n) is 7.64. The third-order valence-corrected chi connectivity index (χ3v) is 10.1. The summed E-state index contributed by atoms with van der Waals surface area (Å²) in [5.74, 6) is 0.739. The highest BCUT2D eigenvalue weighted by molar-refractivity contribution is 6.26. The molecule has 48 heavy (non-hydrogen) atoms. The van der Waals surface area contributed by atoms with E-state index in [2.05, 4.69) is 163 Å². The topological polar surface area (TPSA) is 34.6 Å². The number of fused-ring (bicyclic) bond motifs is 7. The van der Waals surface area contributed by atoms with E-state index in [9.17, 15) is 0 Å². The largest absolute Gasteiger partial charge is 0.307 e. The zero-order valence-electron chi connectivity index (χ0n) is 27.7. The van der Waals surface area contributed by atoms with Crippen molar-refractivity contribution < 1.29 is 0 Å². The molecule has 0 fully saturated rings. The first-order valence-corrected chi connectivity index (χ1v) is 17.1. The minimum absolute atomic E-state index is 0.0313. The lowest BCUT2D eigenvalue weighted by Crippen LogP contribution is -2.22. The van der Waals surface area contributed by atoms with Gasteiger partial charge in [-0.15, -0.1) is 0 Å². The maximum Gasteiger partial charge on any atom is 0.230 e. The van der Waals surface area contributed by atoms with E-state index in [0.717, 1.165) is 47.7 Å². The molecule has 9 rings (SSSR count). The number of para-hydroxylation sites is 2. The lowest BCUT2D eigenvalue weighted by Gasteiger charge is -2.23. The average molecular weight is 623 g/mol. The van der Waals surface area contributed by atoms with Crippen molar-refractivity contribution in [3.63, 3.8) is 0 Å². The van der Waals surface area contributed by atoms with Crippen molar-refractivity contribution in [1.29, 1.82) is 0 Å². The van der Waals surface area contributed by atoms with Crippen molar-refractivity contribution in [2.45, 2.75) is 51.5 Å². The highest BCUT2D eigenvalue weighted by Crippen LogP contribution is 2.41. The Balaban J connectivity index is 1.39. The van der Waals surface area contributed by atoms with Crippen LogP contribution in [0.4, 0.5) is 0 Å². The smallest absolute Gasteiger partial charge is 0.230 e. The molecule has 2 aliphatic rings. The number of hydrogen-bond donors (Lipinski definition) is 0.